The minimum absolute atomic E-state index is 0. The maximum atomic E-state index is 13.2. The second-order valence-electron chi connectivity index (χ2n) is 4.25. The third-order valence-corrected chi connectivity index (χ3v) is 3.37. The summed E-state index contributed by atoms with van der Waals surface area (Å²) in [6.45, 7) is 1.87. The molecule has 116 valence electrons. The molecule has 0 radical (unpaired) electrons. The van der Waals surface area contributed by atoms with Crippen molar-refractivity contribution in [1.29, 1.82) is 0 Å². The first-order chi connectivity index (χ1) is 8.50. The van der Waals surface area contributed by atoms with E-state index in [0.29, 0.717) is 26.2 Å². The molecule has 1 aromatic rings. The Hall–Kier alpha value is -0.200. The second-order valence-corrected chi connectivity index (χ2v) is 4.66. The van der Waals surface area contributed by atoms with Gasteiger partial charge in [0.1, 0.15) is 6.04 Å². The lowest BCUT2D eigenvalue weighted by Gasteiger charge is -2.36. The topological polar surface area (TPSA) is 15.3 Å². The van der Waals surface area contributed by atoms with Crippen molar-refractivity contribution in [1.82, 2.24) is 10.2 Å². The monoisotopic (exact) mass is 350 g/mol. The molecule has 8 heteroatoms. The van der Waals surface area contributed by atoms with Crippen molar-refractivity contribution >= 4 is 36.4 Å². The van der Waals surface area contributed by atoms with Gasteiger partial charge in [0.25, 0.3) is 0 Å². The van der Waals surface area contributed by atoms with Crippen LogP contribution in [0.5, 0.6) is 0 Å². The average Bonchev–Trinajstić information content (AvgIpc) is 2.32. The number of halogens is 6. The number of hydrogen-bond donors (Lipinski definition) is 1. The van der Waals surface area contributed by atoms with Gasteiger partial charge in [0.15, 0.2) is 0 Å². The molecule has 1 aromatic carbocycles. The van der Waals surface area contributed by atoms with Crippen molar-refractivity contribution in [2.45, 2.75) is 12.2 Å². The van der Waals surface area contributed by atoms with Crippen LogP contribution in [0, 0.1) is 0 Å². The van der Waals surface area contributed by atoms with Crippen LogP contribution in [0.15, 0.2) is 24.3 Å². The number of rotatable bonds is 2. The lowest BCUT2D eigenvalue weighted by molar-refractivity contribution is -0.187. The third kappa shape index (κ3) is 4.67. The highest BCUT2D eigenvalue weighted by Crippen LogP contribution is 2.40. The predicted octanol–water partition coefficient (Wildman–Crippen LogP) is 3.69. The molecule has 20 heavy (non-hydrogen) atoms. The summed E-state index contributed by atoms with van der Waals surface area (Å²) in [5.74, 6) is 0. The molecule has 1 fully saturated rings. The van der Waals surface area contributed by atoms with Gasteiger partial charge in [-0.15, -0.1) is 24.8 Å². The van der Waals surface area contributed by atoms with Gasteiger partial charge < -0.3 is 5.32 Å². The van der Waals surface area contributed by atoms with Crippen LogP contribution in [0.2, 0.25) is 5.02 Å². The molecular formula is C12H16Cl3F3N2. The number of alkyl halides is 3. The quantitative estimate of drug-likeness (QED) is 0.874. The highest BCUT2D eigenvalue weighted by atomic mass is 35.5. The summed E-state index contributed by atoms with van der Waals surface area (Å²) in [6, 6.07) is 4.55. The molecule has 2 rings (SSSR count). The molecular weight excluding hydrogens is 335 g/mol. The molecule has 1 atom stereocenters. The van der Waals surface area contributed by atoms with Gasteiger partial charge in [-0.2, -0.15) is 13.2 Å². The summed E-state index contributed by atoms with van der Waals surface area (Å²) >= 11 is 5.90. The number of nitrogens with one attached hydrogen (secondary N) is 1. The van der Waals surface area contributed by atoms with E-state index in [9.17, 15) is 13.2 Å². The Morgan fingerprint density at radius 1 is 1.10 bits per heavy atom. The maximum Gasteiger partial charge on any atom is 0.408 e. The SMILES string of the molecule is Cl.Cl.FC(F)(F)[C@H](c1ccccc1Cl)N1CCNCC1. The zero-order valence-electron chi connectivity index (χ0n) is 10.5. The Bertz CT molecular complexity index is 409. The fourth-order valence-corrected chi connectivity index (χ4v) is 2.46. The van der Waals surface area contributed by atoms with Crippen molar-refractivity contribution in [2.24, 2.45) is 0 Å². The fraction of sp³-hybridized carbons (Fsp3) is 0.500. The van der Waals surface area contributed by atoms with E-state index >= 15 is 0 Å². The lowest BCUT2D eigenvalue weighted by Crippen LogP contribution is -2.49. The summed E-state index contributed by atoms with van der Waals surface area (Å²) in [6.07, 6.45) is -4.32. The molecule has 0 saturated carbocycles. The highest BCUT2D eigenvalue weighted by Gasteiger charge is 2.45. The van der Waals surface area contributed by atoms with E-state index in [1.807, 2.05) is 0 Å². The van der Waals surface area contributed by atoms with Gasteiger partial charge in [-0.1, -0.05) is 29.8 Å². The van der Waals surface area contributed by atoms with E-state index < -0.39 is 12.2 Å². The van der Waals surface area contributed by atoms with E-state index in [4.69, 9.17) is 11.6 Å². The molecule has 1 N–H and O–H groups in total. The molecule has 0 amide bonds. The van der Waals surface area contributed by atoms with E-state index in [-0.39, 0.29) is 35.4 Å². The largest absolute Gasteiger partial charge is 0.408 e. The standard InChI is InChI=1S/C12H14ClF3N2.2ClH/c13-10-4-2-1-3-9(10)11(12(14,15)16)18-7-5-17-6-8-18;;/h1-4,11,17H,5-8H2;2*1H/t11-;;/m0../s1. The van der Waals surface area contributed by atoms with Crippen LogP contribution in [0.1, 0.15) is 11.6 Å². The van der Waals surface area contributed by atoms with Crippen molar-refractivity contribution in [3.63, 3.8) is 0 Å². The number of hydrogen-bond acceptors (Lipinski definition) is 2. The molecule has 1 heterocycles. The molecule has 0 aliphatic carbocycles. The normalized spacial score (nSPS) is 17.8. The Labute approximate surface area is 133 Å². The summed E-state index contributed by atoms with van der Waals surface area (Å²) in [4.78, 5) is 1.43. The summed E-state index contributed by atoms with van der Waals surface area (Å²) in [5.41, 5.74) is 0.133. The first kappa shape index (κ1) is 19.8. The van der Waals surface area contributed by atoms with Gasteiger partial charge in [-0.25, -0.2) is 0 Å². The van der Waals surface area contributed by atoms with Gasteiger partial charge in [0.2, 0.25) is 0 Å². The predicted molar refractivity (Wildman–Crippen MR) is 79.2 cm³/mol. The molecule has 1 saturated heterocycles. The van der Waals surface area contributed by atoms with Crippen LogP contribution in [-0.2, 0) is 0 Å². The van der Waals surface area contributed by atoms with E-state index in [0.717, 1.165) is 0 Å². The number of piperazine rings is 1. The van der Waals surface area contributed by atoms with Crippen LogP contribution in [0.3, 0.4) is 0 Å². The molecule has 1 aliphatic rings. The minimum Gasteiger partial charge on any atom is -0.314 e. The summed E-state index contributed by atoms with van der Waals surface area (Å²) in [7, 11) is 0. The molecule has 0 aromatic heterocycles. The molecule has 1 aliphatic heterocycles. The van der Waals surface area contributed by atoms with Gasteiger partial charge in [-0.3, -0.25) is 4.90 Å². The third-order valence-electron chi connectivity index (χ3n) is 3.03. The van der Waals surface area contributed by atoms with Crippen LogP contribution in [-0.4, -0.2) is 37.3 Å². The Morgan fingerprint density at radius 3 is 2.15 bits per heavy atom. The van der Waals surface area contributed by atoms with Gasteiger partial charge in [-0.05, 0) is 11.6 Å². The van der Waals surface area contributed by atoms with E-state index in [1.165, 1.54) is 17.0 Å². The Morgan fingerprint density at radius 2 is 1.65 bits per heavy atom. The average molecular weight is 352 g/mol. The lowest BCUT2D eigenvalue weighted by atomic mass is 10.0. The number of nitrogens with zero attached hydrogens (tertiary/aromatic N) is 1. The van der Waals surface area contributed by atoms with Gasteiger partial charge in [0, 0.05) is 31.2 Å². The van der Waals surface area contributed by atoms with Crippen LogP contribution in [0.25, 0.3) is 0 Å². The summed E-state index contributed by atoms with van der Waals surface area (Å²) < 4.78 is 39.7. The number of benzene rings is 1. The highest BCUT2D eigenvalue weighted by molar-refractivity contribution is 6.31. The van der Waals surface area contributed by atoms with Crippen LogP contribution >= 0.6 is 36.4 Å². The Balaban J connectivity index is 0.00000180. The smallest absolute Gasteiger partial charge is 0.314 e. The first-order valence-corrected chi connectivity index (χ1v) is 6.14. The van der Waals surface area contributed by atoms with Crippen molar-refractivity contribution in [3.8, 4) is 0 Å². The van der Waals surface area contributed by atoms with Crippen LogP contribution < -0.4 is 5.32 Å². The molecule has 0 spiro atoms. The first-order valence-electron chi connectivity index (χ1n) is 5.76. The van der Waals surface area contributed by atoms with E-state index in [2.05, 4.69) is 5.32 Å². The van der Waals surface area contributed by atoms with Crippen molar-refractivity contribution in [2.75, 3.05) is 26.2 Å². The zero-order valence-corrected chi connectivity index (χ0v) is 12.9. The summed E-state index contributed by atoms with van der Waals surface area (Å²) in [5, 5.41) is 3.21. The maximum absolute atomic E-state index is 13.2. The van der Waals surface area contributed by atoms with E-state index in [1.54, 1.807) is 12.1 Å². The molecule has 0 bridgehead atoms. The molecule has 0 unspecified atom stereocenters. The fourth-order valence-electron chi connectivity index (χ4n) is 2.22. The molecule has 2 nitrogen and oxygen atoms in total. The minimum atomic E-state index is -4.32. The van der Waals surface area contributed by atoms with Crippen molar-refractivity contribution in [3.05, 3.63) is 34.9 Å². The van der Waals surface area contributed by atoms with Crippen molar-refractivity contribution < 1.29 is 13.2 Å². The van der Waals surface area contributed by atoms with Gasteiger partial charge in [0.05, 0.1) is 0 Å². The van der Waals surface area contributed by atoms with Crippen LogP contribution in [0.4, 0.5) is 13.2 Å². The Kier molecular flexibility index (Phi) is 8.21. The zero-order chi connectivity index (χ0) is 13.2. The second kappa shape index (κ2) is 8.29. The van der Waals surface area contributed by atoms with Gasteiger partial charge >= 0.3 is 6.18 Å².